The van der Waals surface area contributed by atoms with Crippen molar-refractivity contribution in [3.8, 4) is 5.75 Å². The van der Waals surface area contributed by atoms with Gasteiger partial charge in [0.25, 0.3) is 0 Å². The topological polar surface area (TPSA) is 35.2 Å². The average Bonchev–Trinajstić information content (AvgIpc) is 2.75. The minimum Gasteiger partial charge on any atom is -0.488 e. The molecule has 102 valence electrons. The average molecular weight is 361 g/mol. The zero-order valence-corrected chi connectivity index (χ0v) is 13.7. The van der Waals surface area contributed by atoms with E-state index >= 15 is 0 Å². The van der Waals surface area contributed by atoms with Gasteiger partial charge in [-0.3, -0.25) is 0 Å². The third-order valence-corrected chi connectivity index (χ3v) is 4.55. The number of benzene rings is 1. The van der Waals surface area contributed by atoms with E-state index in [0.717, 1.165) is 15.1 Å². The van der Waals surface area contributed by atoms with E-state index in [4.69, 9.17) is 22.1 Å². The first kappa shape index (κ1) is 14.9. The van der Waals surface area contributed by atoms with E-state index in [1.165, 1.54) is 4.88 Å². The van der Waals surface area contributed by atoms with Gasteiger partial charge in [0.15, 0.2) is 0 Å². The van der Waals surface area contributed by atoms with Crippen LogP contribution in [-0.2, 0) is 13.0 Å². The van der Waals surface area contributed by atoms with Gasteiger partial charge in [0.1, 0.15) is 12.4 Å². The van der Waals surface area contributed by atoms with Crippen LogP contribution in [0.4, 0.5) is 0 Å². The summed E-state index contributed by atoms with van der Waals surface area (Å²) in [6.45, 7) is 2.51. The summed E-state index contributed by atoms with van der Waals surface area (Å²) in [4.78, 5) is 1.17. The van der Waals surface area contributed by atoms with Crippen molar-refractivity contribution < 1.29 is 4.74 Å². The first-order valence-electron chi connectivity index (χ1n) is 5.96. The maximum atomic E-state index is 6.22. The lowest BCUT2D eigenvalue weighted by molar-refractivity contribution is 0.306. The molecule has 0 aliphatic heterocycles. The molecule has 1 atom stereocenters. The molecule has 0 bridgehead atoms. The Morgan fingerprint density at radius 1 is 1.37 bits per heavy atom. The Kier molecular flexibility index (Phi) is 5.28. The maximum Gasteiger partial charge on any atom is 0.124 e. The monoisotopic (exact) mass is 359 g/mol. The van der Waals surface area contributed by atoms with Gasteiger partial charge < -0.3 is 10.5 Å². The lowest BCUT2D eigenvalue weighted by Gasteiger charge is -2.14. The number of nitrogens with two attached hydrogens (primary N) is 1. The molecule has 0 saturated heterocycles. The van der Waals surface area contributed by atoms with Crippen LogP contribution in [0.2, 0.25) is 5.02 Å². The van der Waals surface area contributed by atoms with Gasteiger partial charge >= 0.3 is 0 Å². The second-order valence-electron chi connectivity index (χ2n) is 4.39. The van der Waals surface area contributed by atoms with Gasteiger partial charge in [0, 0.05) is 21.5 Å². The Labute approximate surface area is 130 Å². The molecule has 1 unspecified atom stereocenters. The first-order valence-corrected chi connectivity index (χ1v) is 7.95. The summed E-state index contributed by atoms with van der Waals surface area (Å²) in [5.74, 6) is 0.814. The molecule has 1 heterocycles. The molecule has 5 heteroatoms. The molecule has 0 saturated carbocycles. The van der Waals surface area contributed by atoms with Crippen molar-refractivity contribution in [3.63, 3.8) is 0 Å². The minimum absolute atomic E-state index is 0.0538. The van der Waals surface area contributed by atoms with Crippen LogP contribution < -0.4 is 10.5 Å². The van der Waals surface area contributed by atoms with Gasteiger partial charge in [-0.1, -0.05) is 17.7 Å². The number of halogens is 2. The van der Waals surface area contributed by atoms with E-state index in [-0.39, 0.29) is 6.04 Å². The number of rotatable bonds is 5. The molecule has 0 spiro atoms. The second kappa shape index (κ2) is 6.75. The predicted octanol–water partition coefficient (Wildman–Crippen LogP) is 4.63. The van der Waals surface area contributed by atoms with Gasteiger partial charge in [0.2, 0.25) is 0 Å². The Morgan fingerprint density at radius 3 is 2.79 bits per heavy atom. The third-order valence-electron chi connectivity index (χ3n) is 2.60. The smallest absolute Gasteiger partial charge is 0.124 e. The van der Waals surface area contributed by atoms with Crippen LogP contribution in [0.15, 0.2) is 34.1 Å². The van der Waals surface area contributed by atoms with Crippen LogP contribution in [0.3, 0.4) is 0 Å². The molecule has 2 rings (SSSR count). The van der Waals surface area contributed by atoms with Gasteiger partial charge in [-0.05, 0) is 53.5 Å². The molecule has 19 heavy (non-hydrogen) atoms. The molecule has 2 nitrogen and oxygen atoms in total. The molecule has 2 aromatic rings. The standard InChI is InChI=1S/C14H15BrClNOS/c1-9(17)7-11-12(16)3-2-4-13(11)18-8-10-5-6-14(15)19-10/h2-6,9H,7-8,17H2,1H3. The highest BCUT2D eigenvalue weighted by molar-refractivity contribution is 9.11. The Morgan fingerprint density at radius 2 is 2.16 bits per heavy atom. The number of thiophene rings is 1. The molecular formula is C14H15BrClNOS. The molecule has 1 aromatic carbocycles. The van der Waals surface area contributed by atoms with Gasteiger partial charge in [-0.2, -0.15) is 0 Å². The van der Waals surface area contributed by atoms with E-state index in [9.17, 15) is 0 Å². The van der Waals surface area contributed by atoms with Gasteiger partial charge in [-0.15, -0.1) is 11.3 Å². The second-order valence-corrected chi connectivity index (χ2v) is 7.35. The summed E-state index contributed by atoms with van der Waals surface area (Å²) in [6, 6.07) is 9.82. The van der Waals surface area contributed by atoms with E-state index in [1.54, 1.807) is 11.3 Å². The summed E-state index contributed by atoms with van der Waals surface area (Å²) >= 11 is 11.3. The molecule has 0 fully saturated rings. The molecular weight excluding hydrogens is 346 g/mol. The summed E-state index contributed by atoms with van der Waals surface area (Å²) in [7, 11) is 0. The minimum atomic E-state index is 0.0538. The van der Waals surface area contributed by atoms with Crippen LogP contribution >= 0.6 is 38.9 Å². The Bertz CT molecular complexity index is 556. The number of hydrogen-bond acceptors (Lipinski definition) is 3. The molecule has 0 aliphatic carbocycles. The van der Waals surface area contributed by atoms with E-state index in [2.05, 4.69) is 15.9 Å². The predicted molar refractivity (Wildman–Crippen MR) is 85.2 cm³/mol. The van der Waals surface area contributed by atoms with Crippen molar-refractivity contribution in [1.29, 1.82) is 0 Å². The fourth-order valence-electron chi connectivity index (χ4n) is 1.77. The van der Waals surface area contributed by atoms with E-state index in [0.29, 0.717) is 18.1 Å². The van der Waals surface area contributed by atoms with Crippen LogP contribution in [-0.4, -0.2) is 6.04 Å². The van der Waals surface area contributed by atoms with Crippen molar-refractivity contribution in [2.75, 3.05) is 0 Å². The summed E-state index contributed by atoms with van der Waals surface area (Å²) < 4.78 is 6.97. The molecule has 2 N–H and O–H groups in total. The fourth-order valence-corrected chi connectivity index (χ4v) is 3.41. The van der Waals surface area contributed by atoms with Crippen LogP contribution in [0.1, 0.15) is 17.4 Å². The van der Waals surface area contributed by atoms with Crippen LogP contribution in [0.5, 0.6) is 5.75 Å². The zero-order chi connectivity index (χ0) is 13.8. The lowest BCUT2D eigenvalue weighted by Crippen LogP contribution is -2.18. The zero-order valence-electron chi connectivity index (χ0n) is 10.5. The first-order chi connectivity index (χ1) is 9.06. The van der Waals surface area contributed by atoms with E-state index < -0.39 is 0 Å². The number of ether oxygens (including phenoxy) is 1. The normalized spacial score (nSPS) is 12.4. The maximum absolute atomic E-state index is 6.22. The molecule has 1 aromatic heterocycles. The highest BCUT2D eigenvalue weighted by Crippen LogP contribution is 2.29. The van der Waals surface area contributed by atoms with Crippen molar-refractivity contribution in [2.24, 2.45) is 5.73 Å². The highest BCUT2D eigenvalue weighted by atomic mass is 79.9. The SMILES string of the molecule is CC(N)Cc1c(Cl)cccc1OCc1ccc(Br)s1. The van der Waals surface area contributed by atoms with Crippen molar-refractivity contribution in [1.82, 2.24) is 0 Å². The fraction of sp³-hybridized carbons (Fsp3) is 0.286. The Balaban J connectivity index is 2.13. The molecule has 0 aliphatic rings. The van der Waals surface area contributed by atoms with E-state index in [1.807, 2.05) is 37.3 Å². The quantitative estimate of drug-likeness (QED) is 0.843. The van der Waals surface area contributed by atoms with Crippen LogP contribution in [0, 0.1) is 0 Å². The van der Waals surface area contributed by atoms with Crippen molar-refractivity contribution >= 4 is 38.9 Å². The summed E-state index contributed by atoms with van der Waals surface area (Å²) in [5.41, 5.74) is 6.84. The summed E-state index contributed by atoms with van der Waals surface area (Å²) in [5, 5.41) is 0.710. The number of hydrogen-bond donors (Lipinski definition) is 1. The van der Waals surface area contributed by atoms with Crippen molar-refractivity contribution in [2.45, 2.75) is 26.0 Å². The molecule has 0 amide bonds. The van der Waals surface area contributed by atoms with Crippen molar-refractivity contribution in [3.05, 3.63) is 49.6 Å². The largest absolute Gasteiger partial charge is 0.488 e. The van der Waals surface area contributed by atoms with Gasteiger partial charge in [-0.25, -0.2) is 0 Å². The Hall–Kier alpha value is -0.550. The summed E-state index contributed by atoms with van der Waals surface area (Å²) in [6.07, 6.45) is 0.711. The van der Waals surface area contributed by atoms with Gasteiger partial charge in [0.05, 0.1) is 3.79 Å². The highest BCUT2D eigenvalue weighted by Gasteiger charge is 2.11. The van der Waals surface area contributed by atoms with Crippen LogP contribution in [0.25, 0.3) is 0 Å². The molecule has 0 radical (unpaired) electrons. The third kappa shape index (κ3) is 4.21. The lowest BCUT2D eigenvalue weighted by atomic mass is 10.1.